The van der Waals surface area contributed by atoms with Gasteiger partial charge in [0.2, 0.25) is 0 Å². The molecule has 0 aliphatic rings. The molecular weight excluding hydrogens is 280 g/mol. The topological polar surface area (TPSA) is 34.1 Å². The first-order chi connectivity index (χ1) is 9.95. The normalized spacial score (nSPS) is 13.3. The van der Waals surface area contributed by atoms with E-state index in [1.54, 1.807) is 12.1 Å². The highest BCUT2D eigenvalue weighted by molar-refractivity contribution is 7.91. The smallest absolute Gasteiger partial charge is 0.178 e. The molecule has 1 atom stereocenters. The van der Waals surface area contributed by atoms with Crippen molar-refractivity contribution in [3.05, 3.63) is 29.8 Å². The molecule has 0 aromatic heterocycles. The van der Waals surface area contributed by atoms with Crippen LogP contribution >= 0.6 is 0 Å². The van der Waals surface area contributed by atoms with E-state index in [1.807, 2.05) is 19.1 Å². The van der Waals surface area contributed by atoms with Crippen LogP contribution in [0.5, 0.6) is 0 Å². The zero-order valence-corrected chi connectivity index (χ0v) is 14.6. The predicted molar refractivity (Wildman–Crippen MR) is 90.4 cm³/mol. The molecule has 0 bridgehead atoms. The van der Waals surface area contributed by atoms with E-state index in [9.17, 15) is 8.42 Å². The second kappa shape index (κ2) is 9.24. The summed E-state index contributed by atoms with van der Waals surface area (Å²) in [5.74, 6) is 0.507. The Kier molecular flexibility index (Phi) is 8.02. The van der Waals surface area contributed by atoms with Crippen LogP contribution in [0.1, 0.15) is 64.4 Å². The van der Waals surface area contributed by atoms with Crippen molar-refractivity contribution in [2.24, 2.45) is 5.92 Å². The number of aryl methyl sites for hydroxylation is 1. The number of unbranched alkanes of at least 4 members (excludes halogenated alkanes) is 5. The molecule has 0 aliphatic heterocycles. The first-order valence-corrected chi connectivity index (χ1v) is 9.90. The molecule has 0 saturated carbocycles. The van der Waals surface area contributed by atoms with Crippen LogP contribution in [0.4, 0.5) is 0 Å². The second-order valence-electron chi connectivity index (χ2n) is 6.26. The summed E-state index contributed by atoms with van der Waals surface area (Å²) < 4.78 is 24.7. The molecule has 0 heterocycles. The van der Waals surface area contributed by atoms with E-state index in [4.69, 9.17) is 0 Å². The number of hydrogen-bond donors (Lipinski definition) is 0. The molecule has 0 amide bonds. The summed E-state index contributed by atoms with van der Waals surface area (Å²) >= 11 is 0. The Bertz CT molecular complexity index is 488. The lowest BCUT2D eigenvalue weighted by Crippen LogP contribution is -2.14. The van der Waals surface area contributed by atoms with Crippen LogP contribution in [-0.4, -0.2) is 14.2 Å². The van der Waals surface area contributed by atoms with Crippen molar-refractivity contribution in [1.82, 2.24) is 0 Å². The van der Waals surface area contributed by atoms with Gasteiger partial charge < -0.3 is 0 Å². The van der Waals surface area contributed by atoms with Gasteiger partial charge in [-0.05, 0) is 31.4 Å². The molecule has 1 aromatic carbocycles. The van der Waals surface area contributed by atoms with Crippen LogP contribution in [-0.2, 0) is 9.84 Å². The van der Waals surface area contributed by atoms with Gasteiger partial charge >= 0.3 is 0 Å². The summed E-state index contributed by atoms with van der Waals surface area (Å²) in [6.07, 6.45) is 8.57. The molecule has 0 unspecified atom stereocenters. The fraction of sp³-hybridized carbons (Fsp3) is 0.667. The minimum Gasteiger partial charge on any atom is -0.224 e. The van der Waals surface area contributed by atoms with Gasteiger partial charge in [0.25, 0.3) is 0 Å². The van der Waals surface area contributed by atoms with E-state index in [0.717, 1.165) is 18.4 Å². The highest BCUT2D eigenvalue weighted by atomic mass is 32.2. The van der Waals surface area contributed by atoms with E-state index in [2.05, 4.69) is 13.8 Å². The van der Waals surface area contributed by atoms with Crippen molar-refractivity contribution in [2.75, 3.05) is 5.75 Å². The summed E-state index contributed by atoms with van der Waals surface area (Å²) in [5, 5.41) is 0. The van der Waals surface area contributed by atoms with Gasteiger partial charge in [-0.25, -0.2) is 8.42 Å². The molecule has 0 spiro atoms. The summed E-state index contributed by atoms with van der Waals surface area (Å²) in [5.41, 5.74) is 1.09. The average Bonchev–Trinajstić information content (AvgIpc) is 2.42. The van der Waals surface area contributed by atoms with Crippen LogP contribution in [0.25, 0.3) is 0 Å². The Morgan fingerprint density at radius 1 is 0.952 bits per heavy atom. The first-order valence-electron chi connectivity index (χ1n) is 8.25. The number of rotatable bonds is 10. The van der Waals surface area contributed by atoms with Gasteiger partial charge in [0, 0.05) is 0 Å². The standard InChI is InChI=1S/C18H30O2S/c1-4-5-6-7-8-9-10-17(3)15-21(19,20)18-13-11-16(2)12-14-18/h11-14,17H,4-10,15H2,1-3H3/t17-/m1/s1. The van der Waals surface area contributed by atoms with Crippen LogP contribution in [0.2, 0.25) is 0 Å². The Labute approximate surface area is 130 Å². The molecule has 0 aliphatic carbocycles. The Morgan fingerprint density at radius 3 is 2.14 bits per heavy atom. The highest BCUT2D eigenvalue weighted by Crippen LogP contribution is 2.19. The van der Waals surface area contributed by atoms with Crippen molar-refractivity contribution in [3.63, 3.8) is 0 Å². The largest absolute Gasteiger partial charge is 0.224 e. The highest BCUT2D eigenvalue weighted by Gasteiger charge is 2.18. The molecular formula is C18H30O2S. The van der Waals surface area contributed by atoms with Crippen molar-refractivity contribution in [2.45, 2.75) is 70.6 Å². The van der Waals surface area contributed by atoms with E-state index < -0.39 is 9.84 Å². The lowest BCUT2D eigenvalue weighted by atomic mass is 10.0. The summed E-state index contributed by atoms with van der Waals surface area (Å²) in [6.45, 7) is 6.24. The SMILES string of the molecule is CCCCCCCC[C@@H](C)CS(=O)(=O)c1ccc(C)cc1. The van der Waals surface area contributed by atoms with Crippen LogP contribution in [0.3, 0.4) is 0 Å². The van der Waals surface area contributed by atoms with Gasteiger partial charge in [0.1, 0.15) is 0 Å². The van der Waals surface area contributed by atoms with Gasteiger partial charge in [-0.15, -0.1) is 0 Å². The Hall–Kier alpha value is -0.830. The minimum absolute atomic E-state index is 0.238. The Balaban J connectivity index is 2.36. The molecule has 0 saturated heterocycles. The predicted octanol–water partition coefficient (Wildman–Crippen LogP) is 5.16. The monoisotopic (exact) mass is 310 g/mol. The van der Waals surface area contributed by atoms with Gasteiger partial charge in [-0.1, -0.05) is 70.1 Å². The van der Waals surface area contributed by atoms with E-state index >= 15 is 0 Å². The zero-order valence-electron chi connectivity index (χ0n) is 13.8. The van der Waals surface area contributed by atoms with Gasteiger partial charge in [0.15, 0.2) is 9.84 Å². The average molecular weight is 311 g/mol. The summed E-state index contributed by atoms with van der Waals surface area (Å²) in [7, 11) is -3.13. The van der Waals surface area contributed by atoms with Gasteiger partial charge in [-0.3, -0.25) is 0 Å². The number of hydrogen-bond acceptors (Lipinski definition) is 2. The molecule has 1 rings (SSSR count). The maximum atomic E-state index is 12.3. The molecule has 0 radical (unpaired) electrons. The molecule has 120 valence electrons. The van der Waals surface area contributed by atoms with Crippen molar-refractivity contribution >= 4 is 9.84 Å². The third-order valence-corrected chi connectivity index (χ3v) is 5.93. The molecule has 1 aromatic rings. The maximum absolute atomic E-state index is 12.3. The van der Waals surface area contributed by atoms with Crippen LogP contribution in [0, 0.1) is 12.8 Å². The third kappa shape index (κ3) is 7.12. The maximum Gasteiger partial charge on any atom is 0.178 e. The van der Waals surface area contributed by atoms with Crippen molar-refractivity contribution < 1.29 is 8.42 Å². The van der Waals surface area contributed by atoms with E-state index in [0.29, 0.717) is 4.90 Å². The fourth-order valence-corrected chi connectivity index (χ4v) is 4.23. The summed E-state index contributed by atoms with van der Waals surface area (Å²) in [4.78, 5) is 0.461. The first kappa shape index (κ1) is 18.2. The third-order valence-electron chi connectivity index (χ3n) is 3.93. The lowest BCUT2D eigenvalue weighted by Gasteiger charge is -2.12. The second-order valence-corrected chi connectivity index (χ2v) is 8.29. The Morgan fingerprint density at radius 2 is 1.52 bits per heavy atom. The number of benzene rings is 1. The van der Waals surface area contributed by atoms with Crippen molar-refractivity contribution in [1.29, 1.82) is 0 Å². The molecule has 0 N–H and O–H groups in total. The molecule has 21 heavy (non-hydrogen) atoms. The quantitative estimate of drug-likeness (QED) is 0.560. The fourth-order valence-electron chi connectivity index (χ4n) is 2.57. The minimum atomic E-state index is -3.13. The number of sulfone groups is 1. The van der Waals surface area contributed by atoms with E-state index in [-0.39, 0.29) is 11.7 Å². The van der Waals surface area contributed by atoms with Crippen LogP contribution < -0.4 is 0 Å². The molecule has 3 heteroatoms. The summed E-state index contributed by atoms with van der Waals surface area (Å²) in [6, 6.07) is 7.18. The molecule has 2 nitrogen and oxygen atoms in total. The van der Waals surface area contributed by atoms with Gasteiger partial charge in [-0.2, -0.15) is 0 Å². The van der Waals surface area contributed by atoms with Crippen LogP contribution in [0.15, 0.2) is 29.2 Å². The van der Waals surface area contributed by atoms with Gasteiger partial charge in [0.05, 0.1) is 10.6 Å². The molecule has 0 fully saturated rings. The lowest BCUT2D eigenvalue weighted by molar-refractivity contribution is 0.505. The van der Waals surface area contributed by atoms with E-state index in [1.165, 1.54) is 32.1 Å². The van der Waals surface area contributed by atoms with Crippen molar-refractivity contribution in [3.8, 4) is 0 Å². The zero-order chi connectivity index (χ0) is 15.7.